The maximum absolute atomic E-state index is 11.5. The monoisotopic (exact) mass is 259 g/mol. The molecular formula is C10H17N3O3S. The molecule has 0 fully saturated rings. The van der Waals surface area contributed by atoms with Crippen molar-refractivity contribution < 1.29 is 14.4 Å². The SMILES string of the molecule is CSC[C@@](C)(O)CNC(=O)Nc1cc(C)on1. The first-order valence-electron chi connectivity index (χ1n) is 5.12. The lowest BCUT2D eigenvalue weighted by Crippen LogP contribution is -2.43. The third kappa shape index (κ3) is 5.10. The number of thioether (sulfide) groups is 1. The van der Waals surface area contributed by atoms with Gasteiger partial charge in [0.25, 0.3) is 0 Å². The second-order valence-electron chi connectivity index (χ2n) is 4.06. The molecule has 2 amide bonds. The summed E-state index contributed by atoms with van der Waals surface area (Å²) in [6.07, 6.45) is 1.90. The lowest BCUT2D eigenvalue weighted by atomic mass is 10.1. The Bertz CT molecular complexity index is 379. The lowest BCUT2D eigenvalue weighted by molar-refractivity contribution is 0.0876. The van der Waals surface area contributed by atoms with Crippen molar-refractivity contribution in [2.45, 2.75) is 19.4 Å². The van der Waals surface area contributed by atoms with E-state index in [9.17, 15) is 9.90 Å². The number of nitrogens with one attached hydrogen (secondary N) is 2. The van der Waals surface area contributed by atoms with Gasteiger partial charge in [0.15, 0.2) is 5.82 Å². The summed E-state index contributed by atoms with van der Waals surface area (Å²) in [7, 11) is 0. The van der Waals surface area contributed by atoms with E-state index in [4.69, 9.17) is 4.52 Å². The van der Waals surface area contributed by atoms with Crippen LogP contribution in [0.4, 0.5) is 10.6 Å². The van der Waals surface area contributed by atoms with Gasteiger partial charge in [-0.2, -0.15) is 11.8 Å². The number of hydrogen-bond donors (Lipinski definition) is 3. The molecule has 17 heavy (non-hydrogen) atoms. The van der Waals surface area contributed by atoms with Crippen LogP contribution in [0, 0.1) is 6.92 Å². The van der Waals surface area contributed by atoms with Gasteiger partial charge in [0.2, 0.25) is 0 Å². The zero-order chi connectivity index (χ0) is 12.9. The van der Waals surface area contributed by atoms with Crippen molar-refractivity contribution in [1.82, 2.24) is 10.5 Å². The first-order valence-corrected chi connectivity index (χ1v) is 6.52. The van der Waals surface area contributed by atoms with Crippen LogP contribution in [-0.2, 0) is 0 Å². The Kier molecular flexibility index (Phi) is 4.83. The molecule has 0 aliphatic rings. The van der Waals surface area contributed by atoms with Gasteiger partial charge in [-0.15, -0.1) is 0 Å². The number of nitrogens with zero attached hydrogens (tertiary/aromatic N) is 1. The fourth-order valence-electron chi connectivity index (χ4n) is 1.22. The third-order valence-corrected chi connectivity index (χ3v) is 2.87. The molecule has 0 bridgehead atoms. The highest BCUT2D eigenvalue weighted by molar-refractivity contribution is 7.98. The van der Waals surface area contributed by atoms with Crippen LogP contribution >= 0.6 is 11.8 Å². The maximum atomic E-state index is 11.5. The Balaban J connectivity index is 2.35. The molecule has 1 heterocycles. The van der Waals surface area contributed by atoms with Crippen LogP contribution in [0.25, 0.3) is 0 Å². The Morgan fingerprint density at radius 1 is 1.71 bits per heavy atom. The second kappa shape index (κ2) is 5.92. The van der Waals surface area contributed by atoms with E-state index in [1.54, 1.807) is 19.9 Å². The van der Waals surface area contributed by atoms with Crippen LogP contribution in [0.2, 0.25) is 0 Å². The van der Waals surface area contributed by atoms with Crippen molar-refractivity contribution in [2.75, 3.05) is 23.9 Å². The van der Waals surface area contributed by atoms with Crippen molar-refractivity contribution in [3.05, 3.63) is 11.8 Å². The number of amides is 2. The molecule has 0 aromatic carbocycles. The predicted octanol–water partition coefficient (Wildman–Crippen LogP) is 1.22. The number of carbonyl (C=O) groups excluding carboxylic acids is 1. The average Bonchev–Trinajstić information content (AvgIpc) is 2.61. The number of carbonyl (C=O) groups is 1. The standard InChI is InChI=1S/C10H17N3O3S/c1-7-4-8(13-16-7)12-9(14)11-5-10(2,15)6-17-3/h4,15H,5-6H2,1-3H3,(H2,11,12,13,14)/t10-/m0/s1. The summed E-state index contributed by atoms with van der Waals surface area (Å²) >= 11 is 1.52. The maximum Gasteiger partial charge on any atom is 0.320 e. The van der Waals surface area contributed by atoms with E-state index in [-0.39, 0.29) is 6.54 Å². The molecule has 0 spiro atoms. The average molecular weight is 259 g/mol. The van der Waals surface area contributed by atoms with Gasteiger partial charge in [0.1, 0.15) is 5.76 Å². The number of aromatic nitrogens is 1. The van der Waals surface area contributed by atoms with E-state index in [1.165, 1.54) is 11.8 Å². The number of urea groups is 1. The minimum absolute atomic E-state index is 0.177. The van der Waals surface area contributed by atoms with Gasteiger partial charge in [-0.25, -0.2) is 4.79 Å². The molecule has 7 heteroatoms. The highest BCUT2D eigenvalue weighted by Gasteiger charge is 2.20. The van der Waals surface area contributed by atoms with E-state index in [2.05, 4.69) is 15.8 Å². The van der Waals surface area contributed by atoms with E-state index in [0.29, 0.717) is 17.3 Å². The van der Waals surface area contributed by atoms with Crippen LogP contribution in [0.5, 0.6) is 0 Å². The van der Waals surface area contributed by atoms with Crippen LogP contribution in [0.1, 0.15) is 12.7 Å². The van der Waals surface area contributed by atoms with Crippen LogP contribution < -0.4 is 10.6 Å². The first kappa shape index (κ1) is 13.9. The Labute approximate surface area is 104 Å². The summed E-state index contributed by atoms with van der Waals surface area (Å²) < 4.78 is 4.80. The quantitative estimate of drug-likeness (QED) is 0.740. The molecule has 0 aliphatic heterocycles. The highest BCUT2D eigenvalue weighted by atomic mass is 32.2. The molecule has 0 radical (unpaired) electrons. The topological polar surface area (TPSA) is 87.4 Å². The molecule has 0 aliphatic carbocycles. The zero-order valence-corrected chi connectivity index (χ0v) is 10.9. The number of aliphatic hydroxyl groups is 1. The first-order chi connectivity index (χ1) is 7.93. The summed E-state index contributed by atoms with van der Waals surface area (Å²) in [5.74, 6) is 1.52. The number of anilines is 1. The van der Waals surface area contributed by atoms with Gasteiger partial charge in [-0.3, -0.25) is 5.32 Å². The van der Waals surface area contributed by atoms with E-state index in [1.807, 2.05) is 6.26 Å². The van der Waals surface area contributed by atoms with Gasteiger partial charge in [-0.1, -0.05) is 5.16 Å². The fraction of sp³-hybridized carbons (Fsp3) is 0.600. The number of hydrogen-bond acceptors (Lipinski definition) is 5. The van der Waals surface area contributed by atoms with Gasteiger partial charge in [0.05, 0.1) is 5.60 Å². The molecule has 3 N–H and O–H groups in total. The minimum Gasteiger partial charge on any atom is -0.387 e. The van der Waals surface area contributed by atoms with Crippen LogP contribution in [-0.4, -0.2) is 40.4 Å². The molecule has 96 valence electrons. The highest BCUT2D eigenvalue weighted by Crippen LogP contribution is 2.09. The Hall–Kier alpha value is -1.21. The summed E-state index contributed by atoms with van der Waals surface area (Å²) in [4.78, 5) is 11.5. The molecular weight excluding hydrogens is 242 g/mol. The van der Waals surface area contributed by atoms with E-state index < -0.39 is 11.6 Å². The van der Waals surface area contributed by atoms with Crippen molar-refractivity contribution >= 4 is 23.6 Å². The van der Waals surface area contributed by atoms with E-state index >= 15 is 0 Å². The molecule has 1 aromatic heterocycles. The van der Waals surface area contributed by atoms with Crippen LogP contribution in [0.3, 0.4) is 0 Å². The smallest absolute Gasteiger partial charge is 0.320 e. The second-order valence-corrected chi connectivity index (χ2v) is 4.93. The lowest BCUT2D eigenvalue weighted by Gasteiger charge is -2.22. The van der Waals surface area contributed by atoms with Crippen molar-refractivity contribution in [3.8, 4) is 0 Å². The number of aryl methyl sites for hydroxylation is 1. The van der Waals surface area contributed by atoms with Crippen molar-refractivity contribution in [2.24, 2.45) is 0 Å². The van der Waals surface area contributed by atoms with E-state index in [0.717, 1.165) is 0 Å². The molecule has 0 unspecified atom stereocenters. The summed E-state index contributed by atoms with van der Waals surface area (Å²) in [6.45, 7) is 3.58. The molecule has 1 rings (SSSR count). The molecule has 0 saturated carbocycles. The fourth-order valence-corrected chi connectivity index (χ4v) is 1.94. The van der Waals surface area contributed by atoms with Crippen molar-refractivity contribution in [1.29, 1.82) is 0 Å². The normalized spacial score (nSPS) is 14.1. The third-order valence-electron chi connectivity index (χ3n) is 1.95. The zero-order valence-electron chi connectivity index (χ0n) is 10.1. The summed E-state index contributed by atoms with van der Waals surface area (Å²) in [5, 5.41) is 18.5. The summed E-state index contributed by atoms with van der Waals surface area (Å²) in [6, 6.07) is 1.19. The number of rotatable bonds is 5. The molecule has 0 saturated heterocycles. The van der Waals surface area contributed by atoms with Crippen LogP contribution in [0.15, 0.2) is 10.6 Å². The Morgan fingerprint density at radius 3 is 2.94 bits per heavy atom. The largest absolute Gasteiger partial charge is 0.387 e. The molecule has 1 atom stereocenters. The minimum atomic E-state index is -0.920. The summed E-state index contributed by atoms with van der Waals surface area (Å²) in [5.41, 5.74) is -0.920. The van der Waals surface area contributed by atoms with Gasteiger partial charge in [-0.05, 0) is 20.1 Å². The van der Waals surface area contributed by atoms with Crippen molar-refractivity contribution in [3.63, 3.8) is 0 Å². The predicted molar refractivity (Wildman–Crippen MR) is 67.3 cm³/mol. The van der Waals surface area contributed by atoms with Gasteiger partial charge in [0, 0.05) is 18.4 Å². The Morgan fingerprint density at radius 2 is 2.41 bits per heavy atom. The molecule has 6 nitrogen and oxygen atoms in total. The van der Waals surface area contributed by atoms with Gasteiger partial charge >= 0.3 is 6.03 Å². The van der Waals surface area contributed by atoms with Gasteiger partial charge < -0.3 is 14.9 Å². The molecule has 1 aromatic rings.